The third-order valence-electron chi connectivity index (χ3n) is 4.96. The first-order chi connectivity index (χ1) is 14.8. The van der Waals surface area contributed by atoms with Gasteiger partial charge in [-0.1, -0.05) is 60.8 Å². The van der Waals surface area contributed by atoms with Crippen LogP contribution in [0.2, 0.25) is 5.02 Å². The molecule has 1 atom stereocenters. The SMILES string of the molecule is CCCN(C(=O)C(Cl)Cl)C(CC)c1nc2ccccc2c(=O)n1-c1ccc(F)c(Cl)c1. The quantitative estimate of drug-likeness (QED) is 0.406. The van der Waals surface area contributed by atoms with Gasteiger partial charge in [-0.3, -0.25) is 14.2 Å². The van der Waals surface area contributed by atoms with Crippen LogP contribution in [0.4, 0.5) is 4.39 Å². The monoisotopic (exact) mass is 483 g/mol. The second-order valence-electron chi connectivity index (χ2n) is 6.98. The third kappa shape index (κ3) is 4.71. The maximum Gasteiger partial charge on any atom is 0.266 e. The number of fused-ring (bicyclic) bond motifs is 1. The summed E-state index contributed by atoms with van der Waals surface area (Å²) in [6, 6.07) is 10.3. The number of hydrogen-bond donors (Lipinski definition) is 0. The van der Waals surface area contributed by atoms with Crippen LogP contribution in [0.5, 0.6) is 0 Å². The highest BCUT2D eigenvalue weighted by atomic mass is 35.5. The zero-order valence-electron chi connectivity index (χ0n) is 17.0. The van der Waals surface area contributed by atoms with Crippen molar-refractivity contribution in [2.24, 2.45) is 0 Å². The first-order valence-electron chi connectivity index (χ1n) is 9.85. The van der Waals surface area contributed by atoms with E-state index in [0.29, 0.717) is 41.8 Å². The van der Waals surface area contributed by atoms with Gasteiger partial charge in [0.2, 0.25) is 0 Å². The van der Waals surface area contributed by atoms with Crippen molar-refractivity contribution < 1.29 is 9.18 Å². The molecule has 3 rings (SSSR count). The van der Waals surface area contributed by atoms with Gasteiger partial charge < -0.3 is 4.90 Å². The van der Waals surface area contributed by atoms with Gasteiger partial charge in [-0.05, 0) is 43.2 Å². The number of carbonyl (C=O) groups excluding carboxylic acids is 1. The number of halogens is 4. The van der Waals surface area contributed by atoms with Crippen molar-refractivity contribution >= 4 is 51.6 Å². The van der Waals surface area contributed by atoms with Crippen molar-refractivity contribution in [1.29, 1.82) is 0 Å². The van der Waals surface area contributed by atoms with E-state index in [1.165, 1.54) is 27.7 Å². The van der Waals surface area contributed by atoms with Crippen LogP contribution in [0.3, 0.4) is 0 Å². The number of rotatable bonds is 7. The number of para-hydroxylation sites is 1. The summed E-state index contributed by atoms with van der Waals surface area (Å²) in [7, 11) is 0. The predicted octanol–water partition coefficient (Wildman–Crippen LogP) is 5.67. The lowest BCUT2D eigenvalue weighted by Crippen LogP contribution is -2.41. The van der Waals surface area contributed by atoms with Crippen LogP contribution in [0.1, 0.15) is 38.6 Å². The predicted molar refractivity (Wildman–Crippen MR) is 123 cm³/mol. The van der Waals surface area contributed by atoms with Crippen molar-refractivity contribution in [2.45, 2.75) is 37.6 Å². The number of alkyl halides is 2. The van der Waals surface area contributed by atoms with E-state index >= 15 is 0 Å². The Labute approximate surface area is 194 Å². The molecule has 0 N–H and O–H groups in total. The number of nitrogens with zero attached hydrogens (tertiary/aromatic N) is 3. The Kier molecular flexibility index (Phi) is 7.57. The Morgan fingerprint density at radius 2 is 1.90 bits per heavy atom. The first-order valence-corrected chi connectivity index (χ1v) is 11.1. The van der Waals surface area contributed by atoms with Gasteiger partial charge >= 0.3 is 0 Å². The molecule has 0 fully saturated rings. The Hall–Kier alpha value is -2.15. The van der Waals surface area contributed by atoms with Crippen LogP contribution in [-0.4, -0.2) is 31.7 Å². The van der Waals surface area contributed by atoms with Gasteiger partial charge in [-0.2, -0.15) is 0 Å². The smallest absolute Gasteiger partial charge is 0.266 e. The van der Waals surface area contributed by atoms with E-state index in [2.05, 4.69) is 0 Å². The molecule has 31 heavy (non-hydrogen) atoms. The maximum atomic E-state index is 13.8. The molecule has 1 heterocycles. The van der Waals surface area contributed by atoms with E-state index in [1.807, 2.05) is 13.8 Å². The lowest BCUT2D eigenvalue weighted by atomic mass is 10.1. The third-order valence-corrected chi connectivity index (χ3v) is 5.62. The standard InChI is InChI=1S/C22H21Cl3FN3O2/c1-3-11-28(22(31)19(24)25)18(4-2)20-27-17-8-6-5-7-14(17)21(30)29(20)13-9-10-16(26)15(23)12-13/h5-10,12,18-19H,3-4,11H2,1-2H3. The lowest BCUT2D eigenvalue weighted by molar-refractivity contribution is -0.132. The van der Waals surface area contributed by atoms with Gasteiger partial charge in [-0.15, -0.1) is 0 Å². The Morgan fingerprint density at radius 3 is 2.52 bits per heavy atom. The average Bonchev–Trinajstić information content (AvgIpc) is 2.75. The molecule has 2 aromatic carbocycles. The minimum absolute atomic E-state index is 0.125. The molecule has 164 valence electrons. The van der Waals surface area contributed by atoms with Crippen LogP contribution in [-0.2, 0) is 4.79 Å². The zero-order valence-corrected chi connectivity index (χ0v) is 19.3. The molecular formula is C22H21Cl3FN3O2. The highest BCUT2D eigenvalue weighted by Gasteiger charge is 2.31. The summed E-state index contributed by atoms with van der Waals surface area (Å²) in [6.07, 6.45) is 1.11. The molecule has 0 radical (unpaired) electrons. The van der Waals surface area contributed by atoms with E-state index in [4.69, 9.17) is 39.8 Å². The molecule has 1 aromatic heterocycles. The van der Waals surface area contributed by atoms with Gasteiger partial charge in [0.1, 0.15) is 11.6 Å². The molecular weight excluding hydrogens is 464 g/mol. The molecule has 9 heteroatoms. The van der Waals surface area contributed by atoms with E-state index in [9.17, 15) is 14.0 Å². The number of amides is 1. The maximum absolute atomic E-state index is 13.8. The fourth-order valence-corrected chi connectivity index (χ4v) is 4.00. The van der Waals surface area contributed by atoms with Crippen LogP contribution in [0.25, 0.3) is 16.6 Å². The van der Waals surface area contributed by atoms with Gasteiger partial charge in [0.15, 0.2) is 4.84 Å². The van der Waals surface area contributed by atoms with Crippen LogP contribution < -0.4 is 5.56 Å². The second-order valence-corrected chi connectivity index (χ2v) is 8.49. The van der Waals surface area contributed by atoms with E-state index in [0.717, 1.165) is 0 Å². The van der Waals surface area contributed by atoms with Crippen molar-refractivity contribution in [1.82, 2.24) is 14.5 Å². The summed E-state index contributed by atoms with van der Waals surface area (Å²) in [5.41, 5.74) is 0.488. The summed E-state index contributed by atoms with van der Waals surface area (Å²) in [5, 5.41) is 0.266. The van der Waals surface area contributed by atoms with E-state index in [-0.39, 0.29) is 10.6 Å². The molecule has 0 saturated heterocycles. The summed E-state index contributed by atoms with van der Waals surface area (Å²) in [5.74, 6) is -0.747. The lowest BCUT2D eigenvalue weighted by Gasteiger charge is -2.32. The molecule has 0 bridgehead atoms. The van der Waals surface area contributed by atoms with Gasteiger partial charge in [0, 0.05) is 6.54 Å². The second kappa shape index (κ2) is 9.98. The van der Waals surface area contributed by atoms with Crippen LogP contribution >= 0.6 is 34.8 Å². The number of carbonyl (C=O) groups is 1. The normalized spacial score (nSPS) is 12.4. The summed E-state index contributed by atoms with van der Waals surface area (Å²) in [6.45, 7) is 4.17. The Bertz CT molecular complexity index is 1170. The number of hydrogen-bond acceptors (Lipinski definition) is 3. The summed E-state index contributed by atoms with van der Waals surface area (Å²) < 4.78 is 15.2. The highest BCUT2D eigenvalue weighted by Crippen LogP contribution is 2.29. The Morgan fingerprint density at radius 1 is 1.19 bits per heavy atom. The molecule has 0 saturated carbocycles. The fraction of sp³-hybridized carbons (Fsp3) is 0.318. The largest absolute Gasteiger partial charge is 0.330 e. The topological polar surface area (TPSA) is 55.2 Å². The molecule has 0 aliphatic rings. The molecule has 1 amide bonds. The van der Waals surface area contributed by atoms with E-state index in [1.54, 1.807) is 24.3 Å². The summed E-state index contributed by atoms with van der Waals surface area (Å²) >= 11 is 17.8. The van der Waals surface area contributed by atoms with Crippen molar-refractivity contribution in [3.63, 3.8) is 0 Å². The summed E-state index contributed by atoms with van der Waals surface area (Å²) in [4.78, 5) is 31.3. The molecule has 0 aliphatic carbocycles. The molecule has 3 aromatic rings. The molecule has 1 unspecified atom stereocenters. The highest BCUT2D eigenvalue weighted by molar-refractivity contribution is 6.53. The van der Waals surface area contributed by atoms with Crippen molar-refractivity contribution in [2.75, 3.05) is 6.54 Å². The minimum atomic E-state index is -1.25. The number of benzene rings is 2. The first kappa shape index (κ1) is 23.5. The van der Waals surface area contributed by atoms with Crippen LogP contribution in [0, 0.1) is 5.82 Å². The Balaban J connectivity index is 2.34. The molecule has 0 spiro atoms. The van der Waals surface area contributed by atoms with Gasteiger partial charge in [0.25, 0.3) is 11.5 Å². The molecule has 5 nitrogen and oxygen atoms in total. The average molecular weight is 485 g/mol. The number of aromatic nitrogens is 2. The zero-order chi connectivity index (χ0) is 22.7. The van der Waals surface area contributed by atoms with Gasteiger partial charge in [-0.25, -0.2) is 9.37 Å². The molecule has 0 aliphatic heterocycles. The van der Waals surface area contributed by atoms with Crippen LogP contribution in [0.15, 0.2) is 47.3 Å². The van der Waals surface area contributed by atoms with Crippen molar-refractivity contribution in [3.8, 4) is 5.69 Å². The minimum Gasteiger partial charge on any atom is -0.330 e. The van der Waals surface area contributed by atoms with Crippen molar-refractivity contribution in [3.05, 3.63) is 69.5 Å². The van der Waals surface area contributed by atoms with Gasteiger partial charge in [0.05, 0.1) is 27.7 Å². The van der Waals surface area contributed by atoms with E-state index < -0.39 is 22.6 Å². The fourth-order valence-electron chi connectivity index (χ4n) is 3.58.